The van der Waals surface area contributed by atoms with Crippen molar-refractivity contribution in [3.8, 4) is 17.1 Å². The number of unbranched alkanes of at least 4 members (excludes halogenated alkanes) is 2. The smallest absolute Gasteiger partial charge is 0.263 e. The Labute approximate surface area is 213 Å². The zero-order valence-corrected chi connectivity index (χ0v) is 21.2. The average molecular weight is 507 g/mol. The number of fused-ring (bicyclic) bond motifs is 1. The Bertz CT molecular complexity index is 1300. The standard InChI is InChI=1S/C26H30N6O3S/c1-27-23(33)7-5-3-4-6-19(12-31-26(34)22-15-28-16-36-22)25-30-14-21(32-25)18-9-8-17-11-24(35-2)29-13-20(17)10-18/h8-11,13-16,19H,3-7,12H2,1-2H3,(H,27,33)(H,30,32)(H,31,34). The van der Waals surface area contributed by atoms with Crippen LogP contribution in [-0.2, 0) is 4.79 Å². The van der Waals surface area contributed by atoms with Gasteiger partial charge in [-0.15, -0.1) is 11.3 Å². The highest BCUT2D eigenvalue weighted by Gasteiger charge is 2.18. The van der Waals surface area contributed by atoms with Gasteiger partial charge in [0.05, 0.1) is 30.7 Å². The molecule has 0 saturated heterocycles. The van der Waals surface area contributed by atoms with Gasteiger partial charge in [-0.2, -0.15) is 0 Å². The molecule has 0 aliphatic rings. The first kappa shape index (κ1) is 25.3. The largest absolute Gasteiger partial charge is 0.481 e. The summed E-state index contributed by atoms with van der Waals surface area (Å²) < 4.78 is 5.22. The number of methoxy groups -OCH3 is 1. The van der Waals surface area contributed by atoms with Crippen molar-refractivity contribution in [2.24, 2.45) is 0 Å². The SMILES string of the molecule is CNC(=O)CCCCCC(CNC(=O)c1cncs1)c1ncc(-c2ccc3cc(OC)ncc3c2)[nH]1. The Hall–Kier alpha value is -3.79. The van der Waals surface area contributed by atoms with Crippen LogP contribution in [-0.4, -0.2) is 52.5 Å². The number of amides is 2. The third-order valence-electron chi connectivity index (χ3n) is 6.10. The van der Waals surface area contributed by atoms with E-state index in [9.17, 15) is 9.59 Å². The minimum absolute atomic E-state index is 0.0157. The predicted molar refractivity (Wildman–Crippen MR) is 140 cm³/mol. The molecule has 36 heavy (non-hydrogen) atoms. The lowest BCUT2D eigenvalue weighted by atomic mass is 9.99. The van der Waals surface area contributed by atoms with Crippen molar-refractivity contribution in [3.63, 3.8) is 0 Å². The molecule has 0 fully saturated rings. The molecule has 4 rings (SSSR count). The first-order valence-electron chi connectivity index (χ1n) is 11.9. The lowest BCUT2D eigenvalue weighted by Gasteiger charge is -2.15. The van der Waals surface area contributed by atoms with Gasteiger partial charge in [0, 0.05) is 49.1 Å². The molecule has 3 aromatic heterocycles. The van der Waals surface area contributed by atoms with Crippen molar-refractivity contribution in [2.75, 3.05) is 20.7 Å². The van der Waals surface area contributed by atoms with Gasteiger partial charge in [0.2, 0.25) is 11.8 Å². The van der Waals surface area contributed by atoms with E-state index in [1.165, 1.54) is 11.3 Å². The number of H-pyrrole nitrogens is 1. The summed E-state index contributed by atoms with van der Waals surface area (Å²) in [5.41, 5.74) is 3.56. The second kappa shape index (κ2) is 12.3. The number of nitrogens with one attached hydrogen (secondary N) is 3. The molecule has 0 saturated carbocycles. The maximum atomic E-state index is 12.5. The van der Waals surface area contributed by atoms with Crippen LogP contribution < -0.4 is 15.4 Å². The Morgan fingerprint density at radius 3 is 2.75 bits per heavy atom. The highest BCUT2D eigenvalue weighted by Crippen LogP contribution is 2.27. The van der Waals surface area contributed by atoms with E-state index >= 15 is 0 Å². The van der Waals surface area contributed by atoms with Gasteiger partial charge in [-0.3, -0.25) is 14.6 Å². The van der Waals surface area contributed by atoms with Crippen LogP contribution in [0.5, 0.6) is 5.88 Å². The second-order valence-electron chi connectivity index (χ2n) is 8.52. The van der Waals surface area contributed by atoms with Crippen LogP contribution in [0.3, 0.4) is 0 Å². The van der Waals surface area contributed by atoms with Crippen molar-refractivity contribution >= 4 is 33.9 Å². The lowest BCUT2D eigenvalue weighted by molar-refractivity contribution is -0.120. The Balaban J connectivity index is 1.46. The molecule has 0 bridgehead atoms. The molecule has 0 aliphatic carbocycles. The summed E-state index contributed by atoms with van der Waals surface area (Å²) in [6.45, 7) is 0.459. The van der Waals surface area contributed by atoms with E-state index in [-0.39, 0.29) is 17.7 Å². The molecule has 9 nitrogen and oxygen atoms in total. The zero-order chi connectivity index (χ0) is 25.3. The summed E-state index contributed by atoms with van der Waals surface area (Å²) in [7, 11) is 3.26. The van der Waals surface area contributed by atoms with Crippen molar-refractivity contribution in [2.45, 2.75) is 38.0 Å². The van der Waals surface area contributed by atoms with E-state index in [0.717, 1.165) is 53.5 Å². The topological polar surface area (TPSA) is 122 Å². The van der Waals surface area contributed by atoms with Gasteiger partial charge in [-0.05, 0) is 24.3 Å². The number of pyridine rings is 1. The lowest BCUT2D eigenvalue weighted by Crippen LogP contribution is -2.28. The number of thiazole rings is 1. The maximum absolute atomic E-state index is 12.5. The van der Waals surface area contributed by atoms with Crippen LogP contribution >= 0.6 is 11.3 Å². The van der Waals surface area contributed by atoms with Crippen molar-refractivity contribution in [1.82, 2.24) is 30.6 Å². The fourth-order valence-electron chi connectivity index (χ4n) is 4.04. The fourth-order valence-corrected chi connectivity index (χ4v) is 4.57. The number of rotatable bonds is 12. The number of aromatic amines is 1. The van der Waals surface area contributed by atoms with Crippen LogP contribution in [0.25, 0.3) is 22.0 Å². The van der Waals surface area contributed by atoms with Crippen molar-refractivity contribution in [1.29, 1.82) is 0 Å². The minimum Gasteiger partial charge on any atom is -0.481 e. The Morgan fingerprint density at radius 1 is 1.08 bits per heavy atom. The maximum Gasteiger partial charge on any atom is 0.263 e. The number of aromatic nitrogens is 4. The van der Waals surface area contributed by atoms with Gasteiger partial charge in [-0.1, -0.05) is 25.0 Å². The number of carbonyl (C=O) groups excluding carboxylic acids is 2. The number of nitrogens with zero attached hydrogens (tertiary/aromatic N) is 3. The molecule has 0 spiro atoms. The summed E-state index contributed by atoms with van der Waals surface area (Å²) in [4.78, 5) is 41.0. The van der Waals surface area contributed by atoms with E-state index in [0.29, 0.717) is 23.7 Å². The Morgan fingerprint density at radius 2 is 1.97 bits per heavy atom. The van der Waals surface area contributed by atoms with E-state index in [1.807, 2.05) is 24.4 Å². The molecule has 10 heteroatoms. The van der Waals surface area contributed by atoms with Crippen LogP contribution in [0, 0.1) is 0 Å². The van der Waals surface area contributed by atoms with E-state index in [2.05, 4.69) is 36.6 Å². The third kappa shape index (κ3) is 6.45. The van der Waals surface area contributed by atoms with Crippen LogP contribution in [0.4, 0.5) is 0 Å². The number of ether oxygens (including phenoxy) is 1. The molecule has 2 amide bonds. The molecule has 188 valence electrons. The second-order valence-corrected chi connectivity index (χ2v) is 9.40. The van der Waals surface area contributed by atoms with Gasteiger partial charge >= 0.3 is 0 Å². The van der Waals surface area contributed by atoms with Crippen LogP contribution in [0.2, 0.25) is 0 Å². The van der Waals surface area contributed by atoms with Gasteiger partial charge in [0.15, 0.2) is 0 Å². The number of benzene rings is 1. The number of carbonyl (C=O) groups is 2. The van der Waals surface area contributed by atoms with Crippen molar-refractivity contribution in [3.05, 3.63) is 59.1 Å². The van der Waals surface area contributed by atoms with Gasteiger partial charge < -0.3 is 20.4 Å². The molecular formula is C26H30N6O3S. The first-order valence-corrected chi connectivity index (χ1v) is 12.8. The number of imidazole rings is 1. The van der Waals surface area contributed by atoms with E-state index < -0.39 is 0 Å². The quantitative estimate of drug-likeness (QED) is 0.246. The highest BCUT2D eigenvalue weighted by molar-refractivity contribution is 7.11. The number of hydrogen-bond acceptors (Lipinski definition) is 7. The molecule has 1 atom stereocenters. The molecule has 3 N–H and O–H groups in total. The summed E-state index contributed by atoms with van der Waals surface area (Å²) in [5.74, 6) is 1.35. The van der Waals surface area contributed by atoms with Crippen LogP contribution in [0.1, 0.15) is 53.5 Å². The summed E-state index contributed by atoms with van der Waals surface area (Å²) in [5, 5.41) is 7.73. The zero-order valence-electron chi connectivity index (χ0n) is 20.4. The normalized spacial score (nSPS) is 11.8. The third-order valence-corrected chi connectivity index (χ3v) is 6.87. The minimum atomic E-state index is -0.133. The Kier molecular flexibility index (Phi) is 8.62. The monoisotopic (exact) mass is 506 g/mol. The van der Waals surface area contributed by atoms with Crippen LogP contribution in [0.15, 0.2) is 48.4 Å². The highest BCUT2D eigenvalue weighted by atomic mass is 32.1. The van der Waals surface area contributed by atoms with Crippen molar-refractivity contribution < 1.29 is 14.3 Å². The molecule has 1 aromatic carbocycles. The number of hydrogen-bond donors (Lipinski definition) is 3. The molecule has 0 aliphatic heterocycles. The van der Waals surface area contributed by atoms with Gasteiger partial charge in [0.25, 0.3) is 5.91 Å². The molecule has 4 aromatic rings. The molecule has 0 radical (unpaired) electrons. The summed E-state index contributed by atoms with van der Waals surface area (Å²) in [6, 6.07) is 8.05. The summed E-state index contributed by atoms with van der Waals surface area (Å²) >= 11 is 1.31. The molecule has 3 heterocycles. The van der Waals surface area contributed by atoms with Gasteiger partial charge in [-0.25, -0.2) is 9.97 Å². The average Bonchev–Trinajstić information content (AvgIpc) is 3.62. The molecular weight excluding hydrogens is 476 g/mol. The van der Waals surface area contributed by atoms with E-state index in [1.54, 1.807) is 32.1 Å². The predicted octanol–water partition coefficient (Wildman–Crippen LogP) is 4.30. The molecule has 1 unspecified atom stereocenters. The van der Waals surface area contributed by atoms with Gasteiger partial charge in [0.1, 0.15) is 10.7 Å². The fraction of sp³-hybridized carbons (Fsp3) is 0.346. The first-order chi connectivity index (χ1) is 17.6. The van der Waals surface area contributed by atoms with E-state index in [4.69, 9.17) is 4.74 Å². The summed E-state index contributed by atoms with van der Waals surface area (Å²) in [6.07, 6.45) is 9.26.